The minimum absolute atomic E-state index is 0.232. The summed E-state index contributed by atoms with van der Waals surface area (Å²) in [5, 5.41) is 3.24. The molecule has 6 heteroatoms. The van der Waals surface area contributed by atoms with Crippen molar-refractivity contribution in [1.29, 1.82) is 0 Å². The third kappa shape index (κ3) is 5.45. The van der Waals surface area contributed by atoms with Gasteiger partial charge in [0.25, 0.3) is 0 Å². The molecule has 0 radical (unpaired) electrons. The fourth-order valence-corrected chi connectivity index (χ4v) is 5.12. The lowest BCUT2D eigenvalue weighted by atomic mass is 9.84. The van der Waals surface area contributed by atoms with Crippen molar-refractivity contribution in [3.05, 3.63) is 17.8 Å². The predicted octanol–water partition coefficient (Wildman–Crippen LogP) is 3.25. The molecule has 30 heavy (non-hydrogen) atoms. The highest BCUT2D eigenvalue weighted by atomic mass is 16.5. The topological polar surface area (TPSA) is 57.7 Å². The number of pyridine rings is 1. The van der Waals surface area contributed by atoms with Gasteiger partial charge >= 0.3 is 0 Å². The van der Waals surface area contributed by atoms with Crippen LogP contribution in [0.1, 0.15) is 57.9 Å². The summed E-state index contributed by atoms with van der Waals surface area (Å²) in [7, 11) is 0. The van der Waals surface area contributed by atoms with Crippen LogP contribution in [-0.2, 0) is 11.2 Å². The zero-order chi connectivity index (χ0) is 20.9. The van der Waals surface area contributed by atoms with Crippen molar-refractivity contribution in [3.8, 4) is 5.75 Å². The van der Waals surface area contributed by atoms with Crippen LogP contribution in [0.3, 0.4) is 0 Å². The predicted molar refractivity (Wildman–Crippen MR) is 120 cm³/mol. The molecular formula is C24H38N4O2. The number of aromatic nitrogens is 1. The molecular weight excluding hydrogens is 376 g/mol. The Morgan fingerprint density at radius 1 is 1.20 bits per heavy atom. The first-order chi connectivity index (χ1) is 14.6. The Labute approximate surface area is 181 Å². The molecule has 0 spiro atoms. The van der Waals surface area contributed by atoms with Crippen LogP contribution >= 0.6 is 0 Å². The van der Waals surface area contributed by atoms with Crippen molar-refractivity contribution in [1.82, 2.24) is 15.2 Å². The van der Waals surface area contributed by atoms with Gasteiger partial charge in [-0.2, -0.15) is 0 Å². The van der Waals surface area contributed by atoms with Gasteiger partial charge in [-0.1, -0.05) is 13.8 Å². The Kier molecular flexibility index (Phi) is 7.13. The van der Waals surface area contributed by atoms with Crippen LogP contribution in [0.15, 0.2) is 12.3 Å². The summed E-state index contributed by atoms with van der Waals surface area (Å²) in [5.74, 6) is 3.54. The maximum absolute atomic E-state index is 12.0. The molecule has 166 valence electrons. The number of carbonyl (C=O) groups is 1. The zero-order valence-electron chi connectivity index (χ0n) is 18.7. The molecule has 0 atom stereocenters. The van der Waals surface area contributed by atoms with Crippen LogP contribution in [0.25, 0.3) is 0 Å². The average molecular weight is 415 g/mol. The second-order valence-electron chi connectivity index (χ2n) is 9.72. The van der Waals surface area contributed by atoms with Gasteiger partial charge in [0, 0.05) is 56.8 Å². The molecule has 1 aromatic rings. The number of fused-ring (bicyclic) bond motifs is 1. The SMILES string of the molecule is CC(C)CC(=O)NC1CCC(CCN2CCN(c3nccc4c3OCC4)CC2)CC1. The highest BCUT2D eigenvalue weighted by Gasteiger charge is 2.26. The normalized spacial score (nSPS) is 24.6. The van der Waals surface area contributed by atoms with Gasteiger partial charge in [0.1, 0.15) is 0 Å². The van der Waals surface area contributed by atoms with Crippen molar-refractivity contribution in [3.63, 3.8) is 0 Å². The van der Waals surface area contributed by atoms with Crippen LogP contribution < -0.4 is 15.0 Å². The Morgan fingerprint density at radius 3 is 2.70 bits per heavy atom. The van der Waals surface area contributed by atoms with E-state index in [2.05, 4.69) is 40.0 Å². The van der Waals surface area contributed by atoms with E-state index in [9.17, 15) is 4.79 Å². The van der Waals surface area contributed by atoms with Crippen LogP contribution in [0.5, 0.6) is 5.75 Å². The van der Waals surface area contributed by atoms with E-state index in [-0.39, 0.29) is 5.91 Å². The number of rotatable bonds is 7. The number of amides is 1. The minimum Gasteiger partial charge on any atom is -0.489 e. The molecule has 1 saturated carbocycles. The van der Waals surface area contributed by atoms with Gasteiger partial charge in [0.2, 0.25) is 5.91 Å². The van der Waals surface area contributed by atoms with E-state index in [1.165, 1.54) is 31.4 Å². The number of nitrogens with one attached hydrogen (secondary N) is 1. The molecule has 0 bridgehead atoms. The zero-order valence-corrected chi connectivity index (χ0v) is 18.7. The van der Waals surface area contributed by atoms with E-state index in [1.807, 2.05) is 6.20 Å². The van der Waals surface area contributed by atoms with Gasteiger partial charge in [-0.15, -0.1) is 0 Å². The first-order valence-corrected chi connectivity index (χ1v) is 12.0. The molecule has 4 rings (SSSR count). The summed E-state index contributed by atoms with van der Waals surface area (Å²) in [4.78, 5) is 21.6. The van der Waals surface area contributed by atoms with E-state index in [0.29, 0.717) is 18.4 Å². The smallest absolute Gasteiger partial charge is 0.220 e. The highest BCUT2D eigenvalue weighted by molar-refractivity contribution is 5.76. The van der Waals surface area contributed by atoms with Crippen molar-refractivity contribution in [2.45, 2.75) is 64.8 Å². The summed E-state index contributed by atoms with van der Waals surface area (Å²) >= 11 is 0. The Balaban J connectivity index is 1.15. The third-order valence-corrected chi connectivity index (χ3v) is 6.92. The molecule has 1 aliphatic carbocycles. The van der Waals surface area contributed by atoms with Gasteiger partial charge in [0.05, 0.1) is 6.61 Å². The van der Waals surface area contributed by atoms with E-state index >= 15 is 0 Å². The first kappa shape index (κ1) is 21.4. The van der Waals surface area contributed by atoms with Gasteiger partial charge in [-0.25, -0.2) is 4.98 Å². The monoisotopic (exact) mass is 414 g/mol. The number of piperazine rings is 1. The molecule has 2 fully saturated rings. The Hall–Kier alpha value is -1.82. The lowest BCUT2D eigenvalue weighted by Crippen LogP contribution is -2.47. The lowest BCUT2D eigenvalue weighted by molar-refractivity contribution is -0.122. The maximum Gasteiger partial charge on any atom is 0.220 e. The van der Waals surface area contributed by atoms with Crippen LogP contribution in [0, 0.1) is 11.8 Å². The molecule has 3 aliphatic rings. The lowest BCUT2D eigenvalue weighted by Gasteiger charge is -2.37. The number of hydrogen-bond donors (Lipinski definition) is 1. The average Bonchev–Trinajstić information content (AvgIpc) is 3.22. The van der Waals surface area contributed by atoms with Gasteiger partial charge in [0.15, 0.2) is 11.6 Å². The minimum atomic E-state index is 0.232. The molecule has 1 aromatic heterocycles. The molecule has 1 saturated heterocycles. The molecule has 1 N–H and O–H groups in total. The second-order valence-corrected chi connectivity index (χ2v) is 9.72. The van der Waals surface area contributed by atoms with Crippen molar-refractivity contribution >= 4 is 11.7 Å². The van der Waals surface area contributed by atoms with Crippen molar-refractivity contribution < 1.29 is 9.53 Å². The molecule has 0 aromatic carbocycles. The van der Waals surface area contributed by atoms with Crippen LogP contribution in [0.2, 0.25) is 0 Å². The molecule has 2 aliphatic heterocycles. The molecule has 1 amide bonds. The molecule has 3 heterocycles. The number of ether oxygens (including phenoxy) is 1. The van der Waals surface area contributed by atoms with Gasteiger partial charge in [-0.3, -0.25) is 9.69 Å². The summed E-state index contributed by atoms with van der Waals surface area (Å²) < 4.78 is 5.84. The van der Waals surface area contributed by atoms with E-state index < -0.39 is 0 Å². The second kappa shape index (κ2) is 9.99. The van der Waals surface area contributed by atoms with Crippen LogP contribution in [-0.4, -0.2) is 61.2 Å². The quantitative estimate of drug-likeness (QED) is 0.742. The first-order valence-electron chi connectivity index (χ1n) is 12.0. The summed E-state index contributed by atoms with van der Waals surface area (Å²) in [6.07, 6.45) is 9.67. The standard InChI is InChI=1S/C24H38N4O2/c1-18(2)17-22(29)26-21-5-3-19(4-6-21)8-11-27-12-14-28(15-13-27)24-23-20(7-10-25-24)9-16-30-23/h7,10,18-19,21H,3-6,8-9,11-17H2,1-2H3,(H,26,29). The fourth-order valence-electron chi connectivity index (χ4n) is 5.12. The van der Waals surface area contributed by atoms with Crippen molar-refractivity contribution in [2.24, 2.45) is 11.8 Å². The van der Waals surface area contributed by atoms with Crippen molar-refractivity contribution in [2.75, 3.05) is 44.2 Å². The molecule has 0 unspecified atom stereocenters. The summed E-state index contributed by atoms with van der Waals surface area (Å²) in [6.45, 7) is 10.5. The number of carbonyl (C=O) groups excluding carboxylic acids is 1. The highest BCUT2D eigenvalue weighted by Crippen LogP contribution is 2.34. The van der Waals surface area contributed by atoms with E-state index in [0.717, 1.165) is 69.5 Å². The maximum atomic E-state index is 12.0. The summed E-state index contributed by atoms with van der Waals surface area (Å²) in [6, 6.07) is 2.49. The third-order valence-electron chi connectivity index (χ3n) is 6.92. The number of nitrogens with zero attached hydrogens (tertiary/aromatic N) is 3. The fraction of sp³-hybridized carbons (Fsp3) is 0.750. The van der Waals surface area contributed by atoms with E-state index in [4.69, 9.17) is 4.74 Å². The van der Waals surface area contributed by atoms with Gasteiger partial charge in [-0.05, 0) is 56.6 Å². The number of hydrogen-bond acceptors (Lipinski definition) is 5. The van der Waals surface area contributed by atoms with Crippen LogP contribution in [0.4, 0.5) is 5.82 Å². The molecule has 6 nitrogen and oxygen atoms in total. The Bertz CT molecular complexity index is 707. The van der Waals surface area contributed by atoms with Gasteiger partial charge < -0.3 is 15.0 Å². The largest absolute Gasteiger partial charge is 0.489 e. The summed E-state index contributed by atoms with van der Waals surface area (Å²) in [5.41, 5.74) is 1.30. The van der Waals surface area contributed by atoms with E-state index in [1.54, 1.807) is 0 Å². The number of anilines is 1. The Morgan fingerprint density at radius 2 is 1.97 bits per heavy atom.